The van der Waals surface area contributed by atoms with Gasteiger partial charge in [0.1, 0.15) is 11.2 Å². The number of rotatable bonds is 0. The summed E-state index contributed by atoms with van der Waals surface area (Å²) in [6, 6.07) is 21.6. The van der Waals surface area contributed by atoms with E-state index >= 15 is 0 Å². The van der Waals surface area contributed by atoms with E-state index in [1.165, 1.54) is 0 Å². The number of hydrogen-bond donors (Lipinski definition) is 0. The number of hydrogen-bond acceptors (Lipinski definition) is 2. The van der Waals surface area contributed by atoms with Crippen molar-refractivity contribution in [3.8, 4) is 0 Å². The molecule has 0 saturated heterocycles. The highest BCUT2D eigenvalue weighted by atomic mass is 16.1. The van der Waals surface area contributed by atoms with E-state index in [0.717, 1.165) is 49.3 Å². The Balaban J connectivity index is 1.91. The number of nitrogens with zero attached hydrogens (tertiary/aromatic N) is 3. The molecule has 5 aromatic heterocycles. The van der Waals surface area contributed by atoms with Gasteiger partial charge in [-0.05, 0) is 24.3 Å². The molecule has 8 aromatic rings. The first-order chi connectivity index (χ1) is 14.3. The first-order valence-corrected chi connectivity index (χ1v) is 9.56. The van der Waals surface area contributed by atoms with Crippen molar-refractivity contribution >= 4 is 60.2 Å². The number of benzene rings is 3. The molecule has 0 aliphatic heterocycles. The Morgan fingerprint density at radius 2 is 1.10 bits per heavy atom. The SMILES string of the molecule is O=c1c2cc3c4ccccc4n4c(=O)c5ccc6c7ccccc7n1c6c5n2c34. The Hall–Kier alpha value is -4.12. The first kappa shape index (κ1) is 14.0. The number of aromatic nitrogens is 3. The molecule has 0 bridgehead atoms. The summed E-state index contributed by atoms with van der Waals surface area (Å²) < 4.78 is 5.53. The minimum Gasteiger partial charge on any atom is -0.287 e. The van der Waals surface area contributed by atoms with Gasteiger partial charge in [-0.1, -0.05) is 42.5 Å². The zero-order valence-electron chi connectivity index (χ0n) is 15.0. The van der Waals surface area contributed by atoms with Crippen molar-refractivity contribution in [2.45, 2.75) is 0 Å². The van der Waals surface area contributed by atoms with E-state index in [1.54, 1.807) is 8.80 Å². The maximum atomic E-state index is 13.6. The van der Waals surface area contributed by atoms with Gasteiger partial charge in [-0.25, -0.2) is 0 Å². The second-order valence-electron chi connectivity index (χ2n) is 7.78. The van der Waals surface area contributed by atoms with Crippen LogP contribution in [0.1, 0.15) is 0 Å². The summed E-state index contributed by atoms with van der Waals surface area (Å²) in [5.41, 5.74) is 4.69. The average molecular weight is 373 g/mol. The molecule has 0 unspecified atom stereocenters. The van der Waals surface area contributed by atoms with Crippen molar-refractivity contribution in [3.05, 3.63) is 87.4 Å². The molecule has 0 N–H and O–H groups in total. The van der Waals surface area contributed by atoms with Crippen LogP contribution in [0.5, 0.6) is 0 Å². The monoisotopic (exact) mass is 373 g/mol. The van der Waals surface area contributed by atoms with Crippen LogP contribution in [-0.2, 0) is 0 Å². The van der Waals surface area contributed by atoms with E-state index in [0.29, 0.717) is 10.9 Å². The third kappa shape index (κ3) is 1.27. The summed E-state index contributed by atoms with van der Waals surface area (Å²) in [5, 5.41) is 4.58. The molecule has 0 amide bonds. The minimum absolute atomic E-state index is 0.0450. The van der Waals surface area contributed by atoms with Gasteiger partial charge < -0.3 is 0 Å². The predicted molar refractivity (Wildman–Crippen MR) is 115 cm³/mol. The van der Waals surface area contributed by atoms with Crippen molar-refractivity contribution in [2.75, 3.05) is 0 Å². The van der Waals surface area contributed by atoms with Crippen molar-refractivity contribution in [3.63, 3.8) is 0 Å². The lowest BCUT2D eigenvalue weighted by molar-refractivity contribution is 1.08. The molecule has 8 rings (SSSR count). The van der Waals surface area contributed by atoms with Crippen molar-refractivity contribution in [1.29, 1.82) is 0 Å². The minimum atomic E-state index is -0.0537. The van der Waals surface area contributed by atoms with Gasteiger partial charge in [0.25, 0.3) is 11.1 Å². The lowest BCUT2D eigenvalue weighted by Gasteiger charge is -2.11. The lowest BCUT2D eigenvalue weighted by Crippen LogP contribution is -2.21. The molecule has 0 spiro atoms. The molecular weight excluding hydrogens is 362 g/mol. The normalized spacial score (nSPS) is 13.1. The van der Waals surface area contributed by atoms with Gasteiger partial charge in [0, 0.05) is 21.5 Å². The van der Waals surface area contributed by atoms with Crippen LogP contribution >= 0.6 is 0 Å². The highest BCUT2D eigenvalue weighted by Gasteiger charge is 2.26. The molecular formula is C24H11N3O2. The van der Waals surface area contributed by atoms with Crippen LogP contribution < -0.4 is 11.1 Å². The van der Waals surface area contributed by atoms with Crippen molar-refractivity contribution in [1.82, 2.24) is 13.2 Å². The van der Waals surface area contributed by atoms with Gasteiger partial charge >= 0.3 is 0 Å². The fourth-order valence-corrected chi connectivity index (χ4v) is 5.40. The van der Waals surface area contributed by atoms with Crippen LogP contribution in [0.3, 0.4) is 0 Å². The molecule has 29 heavy (non-hydrogen) atoms. The predicted octanol–water partition coefficient (Wildman–Crippen LogP) is 4.09. The molecule has 134 valence electrons. The molecule has 0 aliphatic carbocycles. The Morgan fingerprint density at radius 1 is 0.483 bits per heavy atom. The molecule has 0 saturated carbocycles. The van der Waals surface area contributed by atoms with Crippen LogP contribution in [-0.4, -0.2) is 13.2 Å². The zero-order valence-corrected chi connectivity index (χ0v) is 15.0. The fourth-order valence-electron chi connectivity index (χ4n) is 5.40. The van der Waals surface area contributed by atoms with E-state index in [2.05, 4.69) is 0 Å². The van der Waals surface area contributed by atoms with Crippen LogP contribution in [0, 0.1) is 0 Å². The summed E-state index contributed by atoms with van der Waals surface area (Å²) in [4.78, 5) is 27.2. The second kappa shape index (κ2) is 4.15. The smallest absolute Gasteiger partial charge is 0.280 e. The van der Waals surface area contributed by atoms with Gasteiger partial charge in [0.2, 0.25) is 0 Å². The summed E-state index contributed by atoms with van der Waals surface area (Å²) in [6.45, 7) is 0. The number of fused-ring (bicyclic) bond motifs is 6. The Bertz CT molecular complexity index is 2060. The van der Waals surface area contributed by atoms with E-state index < -0.39 is 0 Å². The average Bonchev–Trinajstić information content (AvgIpc) is 3.40. The fraction of sp³-hybridized carbons (Fsp3) is 0. The molecule has 5 nitrogen and oxygen atoms in total. The van der Waals surface area contributed by atoms with Crippen LogP contribution in [0.15, 0.2) is 76.3 Å². The Kier molecular flexibility index (Phi) is 2.00. The second-order valence-corrected chi connectivity index (χ2v) is 7.78. The van der Waals surface area contributed by atoms with Crippen LogP contribution in [0.25, 0.3) is 60.2 Å². The molecule has 3 aromatic carbocycles. The largest absolute Gasteiger partial charge is 0.287 e. The Morgan fingerprint density at radius 3 is 1.90 bits per heavy atom. The topological polar surface area (TPSA) is 47.4 Å². The summed E-state index contributed by atoms with van der Waals surface area (Å²) in [7, 11) is 0. The van der Waals surface area contributed by atoms with Crippen LogP contribution in [0.2, 0.25) is 0 Å². The first-order valence-electron chi connectivity index (χ1n) is 9.56. The lowest BCUT2D eigenvalue weighted by atomic mass is 10.1. The molecule has 0 fully saturated rings. The van der Waals surface area contributed by atoms with E-state index in [9.17, 15) is 9.59 Å². The summed E-state index contributed by atoms with van der Waals surface area (Å²) in [5.74, 6) is 0. The third-order valence-corrected chi connectivity index (χ3v) is 6.51. The van der Waals surface area contributed by atoms with Gasteiger partial charge in [-0.3, -0.25) is 22.8 Å². The van der Waals surface area contributed by atoms with Gasteiger partial charge in [0.05, 0.1) is 27.5 Å². The van der Waals surface area contributed by atoms with Crippen molar-refractivity contribution < 1.29 is 0 Å². The van der Waals surface area contributed by atoms with E-state index in [-0.39, 0.29) is 11.1 Å². The third-order valence-electron chi connectivity index (χ3n) is 6.51. The van der Waals surface area contributed by atoms with Crippen molar-refractivity contribution in [2.24, 2.45) is 0 Å². The Labute approximate surface area is 161 Å². The summed E-state index contributed by atoms with van der Waals surface area (Å²) >= 11 is 0. The quantitative estimate of drug-likeness (QED) is 0.402. The molecule has 5 heteroatoms. The highest BCUT2D eigenvalue weighted by molar-refractivity contribution is 6.20. The van der Waals surface area contributed by atoms with Crippen LogP contribution in [0.4, 0.5) is 0 Å². The maximum absolute atomic E-state index is 13.6. The standard InChI is InChI=1S/C24H11N3O2/c28-23-15-10-9-14-12-5-1-3-7-17(12)26-20(14)21(15)25-19(24(26)29)11-16-13-6-2-4-8-18(13)27(23)22(16)25/h1-11H. The van der Waals surface area contributed by atoms with E-state index in [1.807, 2.05) is 71.1 Å². The van der Waals surface area contributed by atoms with Gasteiger partial charge in [-0.15, -0.1) is 0 Å². The molecule has 5 heterocycles. The zero-order chi connectivity index (χ0) is 19.0. The molecule has 0 aliphatic rings. The molecule has 0 atom stereocenters. The maximum Gasteiger partial charge on any atom is 0.280 e. The van der Waals surface area contributed by atoms with Gasteiger partial charge in [0.15, 0.2) is 0 Å². The molecule has 0 radical (unpaired) electrons. The van der Waals surface area contributed by atoms with Gasteiger partial charge in [-0.2, -0.15) is 0 Å². The highest BCUT2D eigenvalue weighted by Crippen LogP contribution is 2.37. The number of para-hydroxylation sites is 2. The summed E-state index contributed by atoms with van der Waals surface area (Å²) in [6.07, 6.45) is 0. The van der Waals surface area contributed by atoms with E-state index in [4.69, 9.17) is 0 Å².